The molecular formula is C13H11Cl2NO3S. The molecule has 2 N–H and O–H groups in total. The van der Waals surface area contributed by atoms with Gasteiger partial charge in [-0.1, -0.05) is 40.9 Å². The second-order valence-corrected chi connectivity index (χ2v) is 6.52. The van der Waals surface area contributed by atoms with Gasteiger partial charge in [-0.25, -0.2) is 0 Å². The molecule has 0 atom stereocenters. The number of benzene rings is 2. The van der Waals surface area contributed by atoms with Crippen molar-refractivity contribution in [2.24, 2.45) is 0 Å². The largest absolute Gasteiger partial charge is 0.399 e. The van der Waals surface area contributed by atoms with E-state index in [0.717, 1.165) is 5.56 Å². The van der Waals surface area contributed by atoms with E-state index < -0.39 is 10.1 Å². The van der Waals surface area contributed by atoms with Gasteiger partial charge in [0.05, 0.1) is 10.0 Å². The van der Waals surface area contributed by atoms with Crippen molar-refractivity contribution in [2.75, 3.05) is 5.73 Å². The Kier molecular flexibility index (Phi) is 4.13. The molecule has 0 heterocycles. The first kappa shape index (κ1) is 15.0. The van der Waals surface area contributed by atoms with Crippen LogP contribution in [0.5, 0.6) is 5.75 Å². The molecule has 0 saturated carbocycles. The van der Waals surface area contributed by atoms with Crippen LogP contribution in [0.2, 0.25) is 10.0 Å². The van der Waals surface area contributed by atoms with Gasteiger partial charge in [0.15, 0.2) is 5.75 Å². The molecule has 2 aromatic carbocycles. The summed E-state index contributed by atoms with van der Waals surface area (Å²) in [6.07, 6.45) is 0. The van der Waals surface area contributed by atoms with Crippen LogP contribution in [0.1, 0.15) is 5.56 Å². The number of halogens is 2. The van der Waals surface area contributed by atoms with Gasteiger partial charge in [0.1, 0.15) is 4.90 Å². The van der Waals surface area contributed by atoms with Crippen molar-refractivity contribution >= 4 is 39.0 Å². The molecule has 0 aliphatic carbocycles. The number of hydrogen-bond acceptors (Lipinski definition) is 4. The second-order valence-electron chi connectivity index (χ2n) is 4.16. The van der Waals surface area contributed by atoms with E-state index >= 15 is 0 Å². The molecule has 2 aromatic rings. The topological polar surface area (TPSA) is 69.4 Å². The normalized spacial score (nSPS) is 11.3. The van der Waals surface area contributed by atoms with E-state index in [0.29, 0.717) is 5.69 Å². The highest BCUT2D eigenvalue weighted by Crippen LogP contribution is 2.36. The van der Waals surface area contributed by atoms with Crippen LogP contribution in [0.4, 0.5) is 5.69 Å². The fourth-order valence-electron chi connectivity index (χ4n) is 1.52. The van der Waals surface area contributed by atoms with Crippen LogP contribution in [0.3, 0.4) is 0 Å². The molecular weight excluding hydrogens is 321 g/mol. The summed E-state index contributed by atoms with van der Waals surface area (Å²) in [5, 5.41) is 0.0661. The molecule has 0 saturated heterocycles. The van der Waals surface area contributed by atoms with Crippen molar-refractivity contribution in [3.8, 4) is 5.75 Å². The maximum Gasteiger partial charge on any atom is 0.339 e. The number of rotatable bonds is 3. The van der Waals surface area contributed by atoms with E-state index in [9.17, 15) is 8.42 Å². The van der Waals surface area contributed by atoms with Crippen LogP contribution in [0.25, 0.3) is 0 Å². The molecule has 0 spiro atoms. The van der Waals surface area contributed by atoms with Crippen LogP contribution in [0, 0.1) is 6.92 Å². The van der Waals surface area contributed by atoms with Crippen molar-refractivity contribution in [1.29, 1.82) is 0 Å². The molecule has 20 heavy (non-hydrogen) atoms. The molecule has 4 nitrogen and oxygen atoms in total. The molecule has 7 heteroatoms. The smallest absolute Gasteiger partial charge is 0.339 e. The minimum Gasteiger partial charge on any atom is -0.399 e. The van der Waals surface area contributed by atoms with Crippen molar-refractivity contribution in [1.82, 2.24) is 0 Å². The first-order chi connectivity index (χ1) is 9.29. The second kappa shape index (κ2) is 5.52. The van der Waals surface area contributed by atoms with Gasteiger partial charge in [-0.15, -0.1) is 0 Å². The highest BCUT2D eigenvalue weighted by atomic mass is 35.5. The predicted molar refractivity (Wildman–Crippen MR) is 79.9 cm³/mol. The molecule has 0 aromatic heterocycles. The fourth-order valence-corrected chi connectivity index (χ4v) is 3.16. The van der Waals surface area contributed by atoms with Gasteiger partial charge < -0.3 is 9.92 Å². The van der Waals surface area contributed by atoms with Gasteiger partial charge >= 0.3 is 10.1 Å². The summed E-state index contributed by atoms with van der Waals surface area (Å²) in [5.74, 6) is -0.136. The van der Waals surface area contributed by atoms with Gasteiger partial charge in [0.2, 0.25) is 0 Å². The van der Waals surface area contributed by atoms with Crippen LogP contribution >= 0.6 is 23.2 Å². The fraction of sp³-hybridized carbons (Fsp3) is 0.0769. The summed E-state index contributed by atoms with van der Waals surface area (Å²) in [4.78, 5) is 0.0204. The Balaban J connectivity index is 2.41. The Morgan fingerprint density at radius 3 is 2.05 bits per heavy atom. The molecule has 0 amide bonds. The number of nitrogens with two attached hydrogens (primary N) is 1. The van der Waals surface area contributed by atoms with Gasteiger partial charge in [-0.3, -0.25) is 0 Å². The quantitative estimate of drug-likeness (QED) is 0.688. The minimum absolute atomic E-state index is 0.0204. The molecule has 0 aliphatic heterocycles. The Bertz CT molecular complexity index is 720. The Labute approximate surface area is 127 Å². The van der Waals surface area contributed by atoms with Gasteiger partial charge in [0.25, 0.3) is 0 Å². The van der Waals surface area contributed by atoms with Gasteiger partial charge in [0, 0.05) is 5.69 Å². The number of aryl methyl sites for hydroxylation is 1. The third-order valence-electron chi connectivity index (χ3n) is 2.52. The molecule has 0 radical (unpaired) electrons. The molecule has 0 bridgehead atoms. The van der Waals surface area contributed by atoms with Crippen LogP contribution < -0.4 is 9.92 Å². The SMILES string of the molecule is Cc1ccc(S(=O)(=O)Oc2c(Cl)cc(N)cc2Cl)cc1. The molecule has 0 fully saturated rings. The summed E-state index contributed by atoms with van der Waals surface area (Å²) < 4.78 is 29.3. The highest BCUT2D eigenvalue weighted by Gasteiger charge is 2.20. The zero-order chi connectivity index (χ0) is 14.9. The number of anilines is 1. The Hall–Kier alpha value is -1.43. The summed E-state index contributed by atoms with van der Waals surface area (Å²) in [6, 6.07) is 8.97. The minimum atomic E-state index is -4.00. The Morgan fingerprint density at radius 2 is 1.55 bits per heavy atom. The van der Waals surface area contributed by atoms with E-state index in [-0.39, 0.29) is 20.7 Å². The molecule has 2 rings (SSSR count). The standard InChI is InChI=1S/C13H11Cl2NO3S/c1-8-2-4-10(5-3-8)20(17,18)19-13-11(14)6-9(16)7-12(13)15/h2-7H,16H2,1H3. The van der Waals surface area contributed by atoms with Gasteiger partial charge in [-0.2, -0.15) is 8.42 Å². The van der Waals surface area contributed by atoms with E-state index in [2.05, 4.69) is 0 Å². The van der Waals surface area contributed by atoms with Crippen molar-refractivity contribution in [2.45, 2.75) is 11.8 Å². The van der Waals surface area contributed by atoms with E-state index in [4.69, 9.17) is 33.1 Å². The van der Waals surface area contributed by atoms with Crippen molar-refractivity contribution in [3.05, 3.63) is 52.0 Å². The first-order valence-electron chi connectivity index (χ1n) is 5.55. The molecule has 106 valence electrons. The maximum absolute atomic E-state index is 12.1. The molecule has 0 unspecified atom stereocenters. The van der Waals surface area contributed by atoms with E-state index in [1.807, 2.05) is 6.92 Å². The zero-order valence-corrected chi connectivity index (χ0v) is 12.8. The van der Waals surface area contributed by atoms with Crippen molar-refractivity contribution < 1.29 is 12.6 Å². The van der Waals surface area contributed by atoms with Crippen LogP contribution in [0.15, 0.2) is 41.3 Å². The lowest BCUT2D eigenvalue weighted by molar-refractivity contribution is 0.486. The predicted octanol–water partition coefficient (Wildman–Crippen LogP) is 3.65. The lowest BCUT2D eigenvalue weighted by Crippen LogP contribution is -2.10. The monoisotopic (exact) mass is 331 g/mol. The van der Waals surface area contributed by atoms with Crippen molar-refractivity contribution in [3.63, 3.8) is 0 Å². The van der Waals surface area contributed by atoms with E-state index in [1.165, 1.54) is 24.3 Å². The summed E-state index contributed by atoms with van der Waals surface area (Å²) in [5.41, 5.74) is 6.80. The zero-order valence-electron chi connectivity index (χ0n) is 10.4. The maximum atomic E-state index is 12.1. The summed E-state index contributed by atoms with van der Waals surface area (Å²) in [7, 11) is -4.00. The Morgan fingerprint density at radius 1 is 1.05 bits per heavy atom. The summed E-state index contributed by atoms with van der Waals surface area (Å²) >= 11 is 11.8. The lowest BCUT2D eigenvalue weighted by Gasteiger charge is -2.11. The summed E-state index contributed by atoms with van der Waals surface area (Å²) in [6.45, 7) is 1.85. The van der Waals surface area contributed by atoms with Crippen LogP contribution in [-0.4, -0.2) is 8.42 Å². The van der Waals surface area contributed by atoms with E-state index in [1.54, 1.807) is 12.1 Å². The number of nitrogen functional groups attached to an aromatic ring is 1. The first-order valence-corrected chi connectivity index (χ1v) is 7.72. The average molecular weight is 332 g/mol. The highest BCUT2D eigenvalue weighted by molar-refractivity contribution is 7.87. The number of hydrogen-bond donors (Lipinski definition) is 1. The average Bonchev–Trinajstić information content (AvgIpc) is 2.34. The van der Waals surface area contributed by atoms with Crippen LogP contribution in [-0.2, 0) is 10.1 Å². The third kappa shape index (κ3) is 3.17. The van der Waals surface area contributed by atoms with Gasteiger partial charge in [-0.05, 0) is 31.2 Å². The molecule has 0 aliphatic rings. The lowest BCUT2D eigenvalue weighted by atomic mass is 10.2. The third-order valence-corrected chi connectivity index (χ3v) is 4.32.